The first kappa shape index (κ1) is 14.3. The molecule has 114 valence electrons. The Hall–Kier alpha value is -0.610. The fourth-order valence-electron chi connectivity index (χ4n) is 4.53. The number of nitrogens with two attached hydrogens (primary N) is 1. The second kappa shape index (κ2) is 6.02. The van der Waals surface area contributed by atoms with E-state index >= 15 is 0 Å². The van der Waals surface area contributed by atoms with Gasteiger partial charge in [-0.15, -0.1) is 0 Å². The van der Waals surface area contributed by atoms with Crippen LogP contribution in [0.5, 0.6) is 0 Å². The number of amides is 1. The SMILES string of the molecule is CN1C2CCCC1CC(NC(=O)C1CCCCC1N)C2. The number of hydrogen-bond donors (Lipinski definition) is 2. The highest BCUT2D eigenvalue weighted by Gasteiger charge is 2.37. The molecule has 4 atom stereocenters. The van der Waals surface area contributed by atoms with Crippen molar-refractivity contribution in [2.24, 2.45) is 11.7 Å². The molecule has 1 saturated carbocycles. The maximum atomic E-state index is 12.5. The molecule has 2 bridgehead atoms. The van der Waals surface area contributed by atoms with Gasteiger partial charge in [0, 0.05) is 24.2 Å². The smallest absolute Gasteiger partial charge is 0.224 e. The molecule has 0 aromatic carbocycles. The van der Waals surface area contributed by atoms with E-state index in [0.717, 1.165) is 32.1 Å². The number of nitrogens with one attached hydrogen (secondary N) is 1. The van der Waals surface area contributed by atoms with Crippen molar-refractivity contribution in [2.75, 3.05) is 7.05 Å². The van der Waals surface area contributed by atoms with Crippen LogP contribution < -0.4 is 11.1 Å². The summed E-state index contributed by atoms with van der Waals surface area (Å²) in [4.78, 5) is 15.0. The molecule has 1 amide bonds. The van der Waals surface area contributed by atoms with Gasteiger partial charge in [0.25, 0.3) is 0 Å². The van der Waals surface area contributed by atoms with E-state index in [4.69, 9.17) is 5.73 Å². The van der Waals surface area contributed by atoms with E-state index in [1.165, 1.54) is 25.7 Å². The van der Waals surface area contributed by atoms with Crippen molar-refractivity contribution in [2.45, 2.75) is 82.0 Å². The second-order valence-electron chi connectivity index (χ2n) is 7.14. The quantitative estimate of drug-likeness (QED) is 0.808. The molecule has 2 saturated heterocycles. The van der Waals surface area contributed by atoms with E-state index in [9.17, 15) is 4.79 Å². The average molecular weight is 279 g/mol. The van der Waals surface area contributed by atoms with Crippen molar-refractivity contribution in [3.05, 3.63) is 0 Å². The van der Waals surface area contributed by atoms with Gasteiger partial charge in [0.1, 0.15) is 0 Å². The Kier molecular flexibility index (Phi) is 4.32. The summed E-state index contributed by atoms with van der Waals surface area (Å²) < 4.78 is 0. The molecular weight excluding hydrogens is 250 g/mol. The minimum atomic E-state index is 0.0586. The van der Waals surface area contributed by atoms with Gasteiger partial charge >= 0.3 is 0 Å². The van der Waals surface area contributed by atoms with E-state index in [0.29, 0.717) is 18.1 Å². The molecule has 0 aromatic rings. The van der Waals surface area contributed by atoms with Gasteiger partial charge in [-0.25, -0.2) is 0 Å². The van der Waals surface area contributed by atoms with Crippen LogP contribution in [0.15, 0.2) is 0 Å². The molecule has 2 heterocycles. The van der Waals surface area contributed by atoms with Gasteiger partial charge < -0.3 is 16.0 Å². The third-order valence-electron chi connectivity index (χ3n) is 5.84. The van der Waals surface area contributed by atoms with Gasteiger partial charge in [-0.3, -0.25) is 4.79 Å². The molecule has 4 unspecified atom stereocenters. The molecule has 1 aliphatic carbocycles. The van der Waals surface area contributed by atoms with E-state index in [1.54, 1.807) is 0 Å². The van der Waals surface area contributed by atoms with Gasteiger partial charge in [-0.2, -0.15) is 0 Å². The maximum Gasteiger partial charge on any atom is 0.224 e. The summed E-state index contributed by atoms with van der Waals surface area (Å²) in [5.41, 5.74) is 6.13. The van der Waals surface area contributed by atoms with Crippen LogP contribution >= 0.6 is 0 Å². The zero-order valence-corrected chi connectivity index (χ0v) is 12.7. The lowest BCUT2D eigenvalue weighted by atomic mass is 9.81. The van der Waals surface area contributed by atoms with E-state index in [2.05, 4.69) is 17.3 Å². The fourth-order valence-corrected chi connectivity index (χ4v) is 4.53. The molecule has 20 heavy (non-hydrogen) atoms. The highest BCUT2D eigenvalue weighted by molar-refractivity contribution is 5.79. The molecule has 3 N–H and O–H groups in total. The van der Waals surface area contributed by atoms with Crippen molar-refractivity contribution >= 4 is 5.91 Å². The number of fused-ring (bicyclic) bond motifs is 2. The Labute approximate surface area is 122 Å². The first-order valence-corrected chi connectivity index (χ1v) is 8.43. The Bertz CT molecular complexity index is 346. The monoisotopic (exact) mass is 279 g/mol. The number of piperidine rings is 2. The fraction of sp³-hybridized carbons (Fsp3) is 0.938. The van der Waals surface area contributed by atoms with Crippen LogP contribution in [-0.4, -0.2) is 42.0 Å². The average Bonchev–Trinajstić information content (AvgIpc) is 2.40. The van der Waals surface area contributed by atoms with Crippen LogP contribution in [0.4, 0.5) is 0 Å². The van der Waals surface area contributed by atoms with Gasteiger partial charge in [0.05, 0.1) is 5.92 Å². The van der Waals surface area contributed by atoms with Gasteiger partial charge in [-0.1, -0.05) is 19.3 Å². The number of carbonyl (C=O) groups is 1. The summed E-state index contributed by atoms with van der Waals surface area (Å²) in [5, 5.41) is 3.32. The lowest BCUT2D eigenvalue weighted by molar-refractivity contribution is -0.128. The van der Waals surface area contributed by atoms with Crippen molar-refractivity contribution in [3.8, 4) is 0 Å². The second-order valence-corrected chi connectivity index (χ2v) is 7.14. The summed E-state index contributed by atoms with van der Waals surface area (Å²) >= 11 is 0. The lowest BCUT2D eigenvalue weighted by Gasteiger charge is -2.47. The minimum Gasteiger partial charge on any atom is -0.353 e. The predicted molar refractivity (Wildman–Crippen MR) is 80.3 cm³/mol. The summed E-state index contributed by atoms with van der Waals surface area (Å²) in [7, 11) is 2.25. The molecule has 3 aliphatic rings. The summed E-state index contributed by atoms with van der Waals surface area (Å²) in [5.74, 6) is 0.285. The van der Waals surface area contributed by atoms with Crippen LogP contribution in [0.1, 0.15) is 57.8 Å². The Balaban J connectivity index is 1.56. The van der Waals surface area contributed by atoms with Crippen LogP contribution in [-0.2, 0) is 4.79 Å². The normalized spacial score (nSPS) is 42.2. The van der Waals surface area contributed by atoms with Crippen molar-refractivity contribution < 1.29 is 4.79 Å². The highest BCUT2D eigenvalue weighted by atomic mass is 16.2. The number of hydrogen-bond acceptors (Lipinski definition) is 3. The molecule has 3 rings (SSSR count). The zero-order chi connectivity index (χ0) is 14.1. The van der Waals surface area contributed by atoms with E-state index in [1.807, 2.05) is 0 Å². The van der Waals surface area contributed by atoms with Gasteiger partial charge in [0.15, 0.2) is 0 Å². The zero-order valence-electron chi connectivity index (χ0n) is 12.7. The largest absolute Gasteiger partial charge is 0.353 e. The van der Waals surface area contributed by atoms with Crippen LogP contribution in [0.25, 0.3) is 0 Å². The number of rotatable bonds is 2. The summed E-state index contributed by atoms with van der Waals surface area (Å²) in [6.45, 7) is 0. The van der Waals surface area contributed by atoms with Crippen molar-refractivity contribution in [1.29, 1.82) is 0 Å². The number of carbonyl (C=O) groups excluding carboxylic acids is 1. The number of nitrogens with zero attached hydrogens (tertiary/aromatic N) is 1. The molecular formula is C16H29N3O. The predicted octanol–water partition coefficient (Wildman–Crippen LogP) is 1.64. The van der Waals surface area contributed by atoms with Crippen molar-refractivity contribution in [3.63, 3.8) is 0 Å². The first-order valence-electron chi connectivity index (χ1n) is 8.43. The maximum absolute atomic E-state index is 12.5. The lowest BCUT2D eigenvalue weighted by Crippen LogP contribution is -2.56. The van der Waals surface area contributed by atoms with E-state index < -0.39 is 0 Å². The van der Waals surface area contributed by atoms with Crippen LogP contribution in [0.3, 0.4) is 0 Å². The molecule has 3 fully saturated rings. The van der Waals surface area contributed by atoms with Crippen LogP contribution in [0, 0.1) is 5.92 Å². The standard InChI is InChI=1S/C16H29N3O/c1-19-12-5-4-6-13(19)10-11(9-12)18-16(20)14-7-2-3-8-15(14)17/h11-15H,2-10,17H2,1H3,(H,18,20). The Morgan fingerprint density at radius 2 is 1.70 bits per heavy atom. The topological polar surface area (TPSA) is 58.4 Å². The third kappa shape index (κ3) is 2.86. The van der Waals surface area contributed by atoms with Gasteiger partial charge in [-0.05, 0) is 45.6 Å². The van der Waals surface area contributed by atoms with E-state index in [-0.39, 0.29) is 17.9 Å². The molecule has 4 nitrogen and oxygen atoms in total. The first-order chi connectivity index (χ1) is 9.65. The summed E-state index contributed by atoms with van der Waals surface area (Å²) in [6.07, 6.45) is 10.5. The van der Waals surface area contributed by atoms with Gasteiger partial charge in [0.2, 0.25) is 5.91 Å². The molecule has 4 heteroatoms. The Morgan fingerprint density at radius 3 is 2.35 bits per heavy atom. The van der Waals surface area contributed by atoms with Crippen LogP contribution in [0.2, 0.25) is 0 Å². The molecule has 0 radical (unpaired) electrons. The Morgan fingerprint density at radius 1 is 1.05 bits per heavy atom. The summed E-state index contributed by atoms with van der Waals surface area (Å²) in [6, 6.07) is 1.80. The van der Waals surface area contributed by atoms with Crippen molar-refractivity contribution in [1.82, 2.24) is 10.2 Å². The highest BCUT2D eigenvalue weighted by Crippen LogP contribution is 2.33. The molecule has 0 aromatic heterocycles. The molecule has 0 spiro atoms. The third-order valence-corrected chi connectivity index (χ3v) is 5.84. The molecule has 2 aliphatic heterocycles. The minimum absolute atomic E-state index is 0.0586.